The second-order valence-corrected chi connectivity index (χ2v) is 5.03. The maximum absolute atomic E-state index is 3.67. The standard InChI is InChI=1S/C18H23N/c1-2-13-19-18(14-16-9-5-3-6-10-16)15-17-11-7-4-8-12-17/h3-12,18-19H,2,13-15H2,1H3. The molecule has 0 saturated heterocycles. The topological polar surface area (TPSA) is 12.0 Å². The molecule has 1 nitrogen and oxygen atoms in total. The molecule has 0 fully saturated rings. The minimum atomic E-state index is 0.518. The third-order valence-corrected chi connectivity index (χ3v) is 3.33. The predicted molar refractivity (Wildman–Crippen MR) is 82.4 cm³/mol. The van der Waals surface area contributed by atoms with Crippen molar-refractivity contribution in [3.63, 3.8) is 0 Å². The van der Waals surface area contributed by atoms with E-state index in [1.807, 2.05) is 0 Å². The van der Waals surface area contributed by atoms with E-state index in [0.717, 1.165) is 19.4 Å². The normalized spacial score (nSPS) is 10.8. The van der Waals surface area contributed by atoms with Crippen LogP contribution >= 0.6 is 0 Å². The third kappa shape index (κ3) is 4.88. The number of hydrogen-bond acceptors (Lipinski definition) is 1. The lowest BCUT2D eigenvalue weighted by Gasteiger charge is -2.19. The van der Waals surface area contributed by atoms with E-state index in [4.69, 9.17) is 0 Å². The van der Waals surface area contributed by atoms with Gasteiger partial charge >= 0.3 is 0 Å². The van der Waals surface area contributed by atoms with Crippen LogP contribution in [0.3, 0.4) is 0 Å². The first-order valence-corrected chi connectivity index (χ1v) is 7.19. The maximum atomic E-state index is 3.67. The van der Waals surface area contributed by atoms with Crippen molar-refractivity contribution in [3.8, 4) is 0 Å². The first kappa shape index (κ1) is 13.8. The highest BCUT2D eigenvalue weighted by Crippen LogP contribution is 2.09. The Balaban J connectivity index is 1.99. The van der Waals surface area contributed by atoms with Gasteiger partial charge in [-0.25, -0.2) is 0 Å². The van der Waals surface area contributed by atoms with E-state index in [0.29, 0.717) is 6.04 Å². The summed E-state index contributed by atoms with van der Waals surface area (Å²) in [6, 6.07) is 22.0. The van der Waals surface area contributed by atoms with Crippen molar-refractivity contribution in [1.29, 1.82) is 0 Å². The summed E-state index contributed by atoms with van der Waals surface area (Å²) in [6.45, 7) is 3.30. The Morgan fingerprint density at radius 1 is 0.789 bits per heavy atom. The molecule has 0 bridgehead atoms. The summed E-state index contributed by atoms with van der Waals surface area (Å²) >= 11 is 0. The monoisotopic (exact) mass is 253 g/mol. The van der Waals surface area contributed by atoms with Gasteiger partial charge < -0.3 is 5.32 Å². The third-order valence-electron chi connectivity index (χ3n) is 3.33. The Bertz CT molecular complexity index is 408. The molecule has 1 heteroatoms. The highest BCUT2D eigenvalue weighted by Gasteiger charge is 2.09. The van der Waals surface area contributed by atoms with Crippen LogP contribution in [0.5, 0.6) is 0 Å². The van der Waals surface area contributed by atoms with Crippen LogP contribution in [0, 0.1) is 0 Å². The molecule has 0 aromatic heterocycles. The number of rotatable bonds is 7. The van der Waals surface area contributed by atoms with Crippen LogP contribution in [0.25, 0.3) is 0 Å². The molecule has 0 unspecified atom stereocenters. The summed E-state index contributed by atoms with van der Waals surface area (Å²) in [7, 11) is 0. The zero-order valence-corrected chi connectivity index (χ0v) is 11.7. The van der Waals surface area contributed by atoms with E-state index in [1.54, 1.807) is 0 Å². The quantitative estimate of drug-likeness (QED) is 0.790. The molecule has 0 spiro atoms. The average Bonchev–Trinajstić information content (AvgIpc) is 2.47. The molecule has 0 aliphatic carbocycles. The smallest absolute Gasteiger partial charge is 0.0148 e. The van der Waals surface area contributed by atoms with Crippen molar-refractivity contribution in [2.24, 2.45) is 0 Å². The molecule has 2 rings (SSSR count). The Labute approximate surface area is 116 Å². The number of nitrogens with one attached hydrogen (secondary N) is 1. The first-order chi connectivity index (χ1) is 9.38. The van der Waals surface area contributed by atoms with Crippen molar-refractivity contribution >= 4 is 0 Å². The van der Waals surface area contributed by atoms with Gasteiger partial charge in [-0.3, -0.25) is 0 Å². The Kier molecular flexibility index (Phi) is 5.64. The van der Waals surface area contributed by atoms with E-state index in [-0.39, 0.29) is 0 Å². The van der Waals surface area contributed by atoms with Gasteiger partial charge in [-0.2, -0.15) is 0 Å². The predicted octanol–water partition coefficient (Wildman–Crippen LogP) is 3.84. The molecule has 0 saturated carbocycles. The molecule has 100 valence electrons. The van der Waals surface area contributed by atoms with Crippen molar-refractivity contribution in [2.45, 2.75) is 32.2 Å². The van der Waals surface area contributed by atoms with Gasteiger partial charge in [-0.05, 0) is 36.9 Å². The summed E-state index contributed by atoms with van der Waals surface area (Å²) < 4.78 is 0. The average molecular weight is 253 g/mol. The van der Waals surface area contributed by atoms with Crippen molar-refractivity contribution in [1.82, 2.24) is 5.32 Å². The van der Waals surface area contributed by atoms with Gasteiger partial charge in [-0.1, -0.05) is 67.6 Å². The molecular weight excluding hydrogens is 230 g/mol. The van der Waals surface area contributed by atoms with Crippen LogP contribution in [-0.4, -0.2) is 12.6 Å². The molecule has 0 heterocycles. The minimum Gasteiger partial charge on any atom is -0.313 e. The Morgan fingerprint density at radius 2 is 1.26 bits per heavy atom. The van der Waals surface area contributed by atoms with Gasteiger partial charge in [0.15, 0.2) is 0 Å². The lowest BCUT2D eigenvalue weighted by atomic mass is 9.99. The summed E-state index contributed by atoms with van der Waals surface area (Å²) in [5.74, 6) is 0. The summed E-state index contributed by atoms with van der Waals surface area (Å²) in [6.07, 6.45) is 3.37. The summed E-state index contributed by atoms with van der Waals surface area (Å²) in [4.78, 5) is 0. The number of hydrogen-bond donors (Lipinski definition) is 1. The highest BCUT2D eigenvalue weighted by molar-refractivity contribution is 5.19. The van der Waals surface area contributed by atoms with Crippen LogP contribution < -0.4 is 5.32 Å². The van der Waals surface area contributed by atoms with Crippen LogP contribution in [0.15, 0.2) is 60.7 Å². The van der Waals surface area contributed by atoms with E-state index in [1.165, 1.54) is 17.5 Å². The molecule has 19 heavy (non-hydrogen) atoms. The van der Waals surface area contributed by atoms with Gasteiger partial charge in [0.25, 0.3) is 0 Å². The van der Waals surface area contributed by atoms with Crippen molar-refractivity contribution < 1.29 is 0 Å². The largest absolute Gasteiger partial charge is 0.313 e. The van der Waals surface area contributed by atoms with E-state index >= 15 is 0 Å². The van der Waals surface area contributed by atoms with E-state index in [9.17, 15) is 0 Å². The lowest BCUT2D eigenvalue weighted by Crippen LogP contribution is -2.33. The van der Waals surface area contributed by atoms with Crippen molar-refractivity contribution in [2.75, 3.05) is 6.54 Å². The van der Waals surface area contributed by atoms with Gasteiger partial charge in [0.05, 0.1) is 0 Å². The number of benzene rings is 2. The Morgan fingerprint density at radius 3 is 1.68 bits per heavy atom. The molecule has 0 aliphatic rings. The molecule has 0 atom stereocenters. The zero-order chi connectivity index (χ0) is 13.3. The second kappa shape index (κ2) is 7.75. The maximum Gasteiger partial charge on any atom is 0.0148 e. The molecule has 2 aromatic rings. The minimum absolute atomic E-state index is 0.518. The molecule has 2 aromatic carbocycles. The van der Waals surface area contributed by atoms with Gasteiger partial charge in [0.2, 0.25) is 0 Å². The SMILES string of the molecule is CCCNC(Cc1ccccc1)Cc1ccccc1. The fraction of sp³-hybridized carbons (Fsp3) is 0.333. The van der Waals surface area contributed by atoms with E-state index < -0.39 is 0 Å². The molecule has 0 amide bonds. The van der Waals surface area contributed by atoms with Gasteiger partial charge in [0, 0.05) is 6.04 Å². The zero-order valence-electron chi connectivity index (χ0n) is 11.7. The van der Waals surface area contributed by atoms with Crippen LogP contribution in [-0.2, 0) is 12.8 Å². The first-order valence-electron chi connectivity index (χ1n) is 7.19. The molecular formula is C18H23N. The second-order valence-electron chi connectivity index (χ2n) is 5.03. The van der Waals surface area contributed by atoms with Crippen LogP contribution in [0.4, 0.5) is 0 Å². The fourth-order valence-electron chi connectivity index (χ4n) is 2.36. The molecule has 0 aliphatic heterocycles. The Hall–Kier alpha value is -1.60. The highest BCUT2D eigenvalue weighted by atomic mass is 14.9. The van der Waals surface area contributed by atoms with Crippen LogP contribution in [0.1, 0.15) is 24.5 Å². The summed E-state index contributed by atoms with van der Waals surface area (Å²) in [5, 5.41) is 3.67. The molecule has 0 radical (unpaired) electrons. The molecule has 1 N–H and O–H groups in total. The van der Waals surface area contributed by atoms with E-state index in [2.05, 4.69) is 72.9 Å². The van der Waals surface area contributed by atoms with Gasteiger partial charge in [-0.15, -0.1) is 0 Å². The van der Waals surface area contributed by atoms with Gasteiger partial charge in [0.1, 0.15) is 0 Å². The summed E-state index contributed by atoms with van der Waals surface area (Å²) in [5.41, 5.74) is 2.82. The van der Waals surface area contributed by atoms with Crippen LogP contribution in [0.2, 0.25) is 0 Å². The van der Waals surface area contributed by atoms with Crippen molar-refractivity contribution in [3.05, 3.63) is 71.8 Å². The fourth-order valence-corrected chi connectivity index (χ4v) is 2.36. The lowest BCUT2D eigenvalue weighted by molar-refractivity contribution is 0.505.